The standard InChI is InChI=1S/C13H20N2S/c1-2-6-13(5-1,10-15-11-3-4-11)9-12-14-7-8-16-12/h7-8,11,15H,1-6,9-10H2. The minimum atomic E-state index is 0.528. The van der Waals surface area contributed by atoms with E-state index in [1.807, 2.05) is 17.5 Å². The molecule has 1 heterocycles. The third-order valence-electron chi connectivity index (χ3n) is 4.02. The molecule has 0 bridgehead atoms. The smallest absolute Gasteiger partial charge is 0.0930 e. The Bertz CT molecular complexity index is 324. The summed E-state index contributed by atoms with van der Waals surface area (Å²) in [5, 5.41) is 7.16. The van der Waals surface area contributed by atoms with E-state index < -0.39 is 0 Å². The Kier molecular flexibility index (Phi) is 2.99. The molecule has 2 nitrogen and oxygen atoms in total. The van der Waals surface area contributed by atoms with Crippen molar-refractivity contribution >= 4 is 11.3 Å². The van der Waals surface area contributed by atoms with Crippen LogP contribution in [0.5, 0.6) is 0 Å². The highest BCUT2D eigenvalue weighted by Gasteiger charge is 2.36. The zero-order valence-corrected chi connectivity index (χ0v) is 10.6. The summed E-state index contributed by atoms with van der Waals surface area (Å²) in [7, 11) is 0. The number of nitrogens with one attached hydrogen (secondary N) is 1. The number of rotatable bonds is 5. The SMILES string of the molecule is c1csc(CC2(CNC3CC3)CCCC2)n1. The highest BCUT2D eigenvalue weighted by Crippen LogP contribution is 2.41. The van der Waals surface area contributed by atoms with Gasteiger partial charge in [-0.2, -0.15) is 0 Å². The summed E-state index contributed by atoms with van der Waals surface area (Å²) in [6.07, 6.45) is 11.6. The lowest BCUT2D eigenvalue weighted by Gasteiger charge is -2.28. The fourth-order valence-electron chi connectivity index (χ4n) is 2.85. The second-order valence-corrected chi connectivity index (χ2v) is 6.44. The van der Waals surface area contributed by atoms with Gasteiger partial charge in [-0.05, 0) is 31.1 Å². The summed E-state index contributed by atoms with van der Waals surface area (Å²) in [5.74, 6) is 0. The molecular weight excluding hydrogens is 216 g/mol. The maximum absolute atomic E-state index is 4.46. The molecule has 1 aromatic heterocycles. The molecule has 0 atom stereocenters. The van der Waals surface area contributed by atoms with E-state index in [9.17, 15) is 0 Å². The first-order valence-corrected chi connectivity index (χ1v) is 7.36. The molecule has 3 heteroatoms. The zero-order chi connectivity index (χ0) is 10.8. The number of hydrogen-bond donors (Lipinski definition) is 1. The summed E-state index contributed by atoms with van der Waals surface area (Å²) >= 11 is 1.82. The summed E-state index contributed by atoms with van der Waals surface area (Å²) in [5.41, 5.74) is 0.528. The summed E-state index contributed by atoms with van der Waals surface area (Å²) in [6, 6.07) is 0.841. The van der Waals surface area contributed by atoms with Crippen molar-refractivity contribution < 1.29 is 0 Å². The second kappa shape index (κ2) is 4.46. The van der Waals surface area contributed by atoms with Crippen LogP contribution in [0, 0.1) is 5.41 Å². The van der Waals surface area contributed by atoms with Crippen molar-refractivity contribution in [3.8, 4) is 0 Å². The van der Waals surface area contributed by atoms with E-state index in [4.69, 9.17) is 0 Å². The van der Waals surface area contributed by atoms with Crippen molar-refractivity contribution in [2.75, 3.05) is 6.54 Å². The summed E-state index contributed by atoms with van der Waals surface area (Å²) in [6.45, 7) is 1.22. The highest BCUT2D eigenvalue weighted by atomic mass is 32.1. The van der Waals surface area contributed by atoms with Crippen LogP contribution in [-0.4, -0.2) is 17.6 Å². The van der Waals surface area contributed by atoms with E-state index in [0.29, 0.717) is 5.41 Å². The first-order valence-electron chi connectivity index (χ1n) is 6.48. The molecule has 2 aliphatic carbocycles. The monoisotopic (exact) mass is 236 g/mol. The molecule has 0 radical (unpaired) electrons. The van der Waals surface area contributed by atoms with Gasteiger partial charge in [0.2, 0.25) is 0 Å². The Morgan fingerprint density at radius 2 is 2.19 bits per heavy atom. The van der Waals surface area contributed by atoms with Crippen LogP contribution in [0.4, 0.5) is 0 Å². The topological polar surface area (TPSA) is 24.9 Å². The van der Waals surface area contributed by atoms with Crippen LogP contribution < -0.4 is 5.32 Å². The lowest BCUT2D eigenvalue weighted by molar-refractivity contribution is 0.276. The van der Waals surface area contributed by atoms with E-state index >= 15 is 0 Å². The predicted molar refractivity (Wildman–Crippen MR) is 67.7 cm³/mol. The van der Waals surface area contributed by atoms with Crippen LogP contribution in [0.3, 0.4) is 0 Å². The number of hydrogen-bond acceptors (Lipinski definition) is 3. The second-order valence-electron chi connectivity index (χ2n) is 5.46. The Morgan fingerprint density at radius 1 is 1.38 bits per heavy atom. The maximum Gasteiger partial charge on any atom is 0.0930 e. The van der Waals surface area contributed by atoms with Crippen molar-refractivity contribution in [1.82, 2.24) is 10.3 Å². The van der Waals surface area contributed by atoms with Crippen LogP contribution in [0.25, 0.3) is 0 Å². The van der Waals surface area contributed by atoms with Gasteiger partial charge in [-0.3, -0.25) is 0 Å². The minimum Gasteiger partial charge on any atom is -0.313 e. The Hall–Kier alpha value is -0.410. The van der Waals surface area contributed by atoms with Gasteiger partial charge >= 0.3 is 0 Å². The molecule has 2 fully saturated rings. The van der Waals surface area contributed by atoms with E-state index in [2.05, 4.69) is 15.7 Å². The predicted octanol–water partition coefficient (Wildman–Crippen LogP) is 3.00. The van der Waals surface area contributed by atoms with Crippen LogP contribution in [0.15, 0.2) is 11.6 Å². The average molecular weight is 236 g/mol. The van der Waals surface area contributed by atoms with Crippen molar-refractivity contribution in [1.29, 1.82) is 0 Å². The molecule has 0 unspecified atom stereocenters. The van der Waals surface area contributed by atoms with Crippen LogP contribution in [0.1, 0.15) is 43.5 Å². The van der Waals surface area contributed by atoms with Gasteiger partial charge in [0.1, 0.15) is 0 Å². The third-order valence-corrected chi connectivity index (χ3v) is 4.80. The molecule has 0 aromatic carbocycles. The lowest BCUT2D eigenvalue weighted by Crippen LogP contribution is -2.35. The van der Waals surface area contributed by atoms with Crippen LogP contribution >= 0.6 is 11.3 Å². The van der Waals surface area contributed by atoms with Gasteiger partial charge in [0.25, 0.3) is 0 Å². The molecule has 0 spiro atoms. The molecule has 16 heavy (non-hydrogen) atoms. The molecule has 0 saturated heterocycles. The van der Waals surface area contributed by atoms with E-state index in [-0.39, 0.29) is 0 Å². The third kappa shape index (κ3) is 2.46. The molecule has 1 N–H and O–H groups in total. The van der Waals surface area contributed by atoms with Crippen LogP contribution in [-0.2, 0) is 6.42 Å². The van der Waals surface area contributed by atoms with Gasteiger partial charge in [-0.1, -0.05) is 12.8 Å². The van der Waals surface area contributed by atoms with E-state index in [1.165, 1.54) is 56.5 Å². The Labute approximate surface area is 101 Å². The van der Waals surface area contributed by atoms with Gasteiger partial charge in [0.05, 0.1) is 5.01 Å². The van der Waals surface area contributed by atoms with Crippen LogP contribution in [0.2, 0.25) is 0 Å². The minimum absolute atomic E-state index is 0.528. The van der Waals surface area contributed by atoms with E-state index in [1.54, 1.807) is 0 Å². The van der Waals surface area contributed by atoms with Gasteiger partial charge in [0, 0.05) is 30.6 Å². The molecule has 0 aliphatic heterocycles. The van der Waals surface area contributed by atoms with Crippen molar-refractivity contribution in [2.24, 2.45) is 5.41 Å². The zero-order valence-electron chi connectivity index (χ0n) is 9.74. The molecule has 3 rings (SSSR count). The lowest BCUT2D eigenvalue weighted by atomic mass is 9.83. The quantitative estimate of drug-likeness (QED) is 0.850. The van der Waals surface area contributed by atoms with Crippen molar-refractivity contribution in [2.45, 2.75) is 51.0 Å². The van der Waals surface area contributed by atoms with Crippen molar-refractivity contribution in [3.63, 3.8) is 0 Å². The van der Waals surface area contributed by atoms with Gasteiger partial charge in [-0.15, -0.1) is 11.3 Å². The van der Waals surface area contributed by atoms with Gasteiger partial charge < -0.3 is 5.32 Å². The largest absolute Gasteiger partial charge is 0.313 e. The average Bonchev–Trinajstić information content (AvgIpc) is 2.78. The first-order chi connectivity index (χ1) is 7.86. The summed E-state index contributed by atoms with van der Waals surface area (Å²) < 4.78 is 0. The Morgan fingerprint density at radius 3 is 2.81 bits per heavy atom. The normalized spacial score (nSPS) is 23.8. The van der Waals surface area contributed by atoms with Gasteiger partial charge in [-0.25, -0.2) is 4.98 Å². The number of aromatic nitrogens is 1. The summed E-state index contributed by atoms with van der Waals surface area (Å²) in [4.78, 5) is 4.46. The molecular formula is C13H20N2S. The molecule has 88 valence electrons. The van der Waals surface area contributed by atoms with Crippen molar-refractivity contribution in [3.05, 3.63) is 16.6 Å². The fourth-order valence-corrected chi connectivity index (χ4v) is 3.64. The van der Waals surface area contributed by atoms with Gasteiger partial charge in [0.15, 0.2) is 0 Å². The molecule has 0 amide bonds. The molecule has 2 saturated carbocycles. The highest BCUT2D eigenvalue weighted by molar-refractivity contribution is 7.09. The van der Waals surface area contributed by atoms with E-state index in [0.717, 1.165) is 6.04 Å². The number of thiazole rings is 1. The Balaban J connectivity index is 1.63. The maximum atomic E-state index is 4.46. The molecule has 2 aliphatic rings. The molecule has 1 aromatic rings. The number of nitrogens with zero attached hydrogens (tertiary/aromatic N) is 1. The fraction of sp³-hybridized carbons (Fsp3) is 0.769. The first kappa shape index (κ1) is 10.7.